The summed E-state index contributed by atoms with van der Waals surface area (Å²) in [5.41, 5.74) is 1.65. The number of aliphatic hydroxyl groups excluding tert-OH is 2. The van der Waals surface area contributed by atoms with Crippen molar-refractivity contribution in [2.24, 2.45) is 0 Å². The highest BCUT2D eigenvalue weighted by Gasteiger charge is 2.07. The quantitative estimate of drug-likeness (QED) is 0.654. The van der Waals surface area contributed by atoms with Gasteiger partial charge in [-0.3, -0.25) is 0 Å². The van der Waals surface area contributed by atoms with Gasteiger partial charge in [-0.15, -0.1) is 0 Å². The van der Waals surface area contributed by atoms with Gasteiger partial charge in [-0.05, 0) is 12.1 Å². The summed E-state index contributed by atoms with van der Waals surface area (Å²) in [5, 5.41) is 29.3. The summed E-state index contributed by atoms with van der Waals surface area (Å²) in [5.74, 6) is 0. The maximum Gasteiger partial charge on any atom is 0.0969 e. The van der Waals surface area contributed by atoms with Gasteiger partial charge >= 0.3 is 0 Å². The number of nitrogens with zero attached hydrogens (tertiary/aromatic N) is 3. The zero-order valence-electron chi connectivity index (χ0n) is 9.90. The fourth-order valence-electron chi connectivity index (χ4n) is 1.50. The molecule has 6 nitrogen and oxygen atoms in total. The first-order valence-electron chi connectivity index (χ1n) is 5.75. The standard InChI is InChI=1S/C12H16N4O2/c17-8-11(9-18)13-6-10-7-14-16(15-10)12-4-2-1-3-5-12/h1-5,7,11,13,17-18H,6,8-9H2. The summed E-state index contributed by atoms with van der Waals surface area (Å²) in [6, 6.07) is 9.28. The van der Waals surface area contributed by atoms with Crippen molar-refractivity contribution in [2.75, 3.05) is 13.2 Å². The lowest BCUT2D eigenvalue weighted by Gasteiger charge is -2.11. The Morgan fingerprint density at radius 2 is 1.89 bits per heavy atom. The Morgan fingerprint density at radius 3 is 2.56 bits per heavy atom. The van der Waals surface area contributed by atoms with Crippen LogP contribution in [0.25, 0.3) is 5.69 Å². The highest BCUT2D eigenvalue weighted by Crippen LogP contribution is 2.04. The highest BCUT2D eigenvalue weighted by atomic mass is 16.3. The van der Waals surface area contributed by atoms with E-state index in [1.54, 1.807) is 11.0 Å². The molecule has 0 fully saturated rings. The van der Waals surface area contributed by atoms with Crippen molar-refractivity contribution in [3.05, 3.63) is 42.2 Å². The van der Waals surface area contributed by atoms with Gasteiger partial charge in [0.05, 0.1) is 36.8 Å². The molecule has 2 rings (SSSR count). The summed E-state index contributed by atoms with van der Waals surface area (Å²) in [4.78, 5) is 1.55. The fourth-order valence-corrected chi connectivity index (χ4v) is 1.50. The molecule has 0 saturated heterocycles. The topological polar surface area (TPSA) is 83.2 Å². The molecule has 0 amide bonds. The maximum atomic E-state index is 8.92. The van der Waals surface area contributed by atoms with E-state index in [2.05, 4.69) is 15.5 Å². The van der Waals surface area contributed by atoms with E-state index >= 15 is 0 Å². The van der Waals surface area contributed by atoms with E-state index in [0.29, 0.717) is 6.54 Å². The molecule has 0 unspecified atom stereocenters. The number of rotatable bonds is 6. The van der Waals surface area contributed by atoms with Crippen molar-refractivity contribution in [3.8, 4) is 5.69 Å². The van der Waals surface area contributed by atoms with E-state index in [9.17, 15) is 0 Å². The molecule has 3 N–H and O–H groups in total. The van der Waals surface area contributed by atoms with Gasteiger partial charge in [0.2, 0.25) is 0 Å². The molecule has 1 aromatic heterocycles. The Morgan fingerprint density at radius 1 is 1.17 bits per heavy atom. The van der Waals surface area contributed by atoms with Crippen LogP contribution in [0.15, 0.2) is 36.5 Å². The third-order valence-electron chi connectivity index (χ3n) is 2.54. The maximum absolute atomic E-state index is 8.92. The number of nitrogens with one attached hydrogen (secondary N) is 1. The van der Waals surface area contributed by atoms with Gasteiger partial charge in [0.15, 0.2) is 0 Å². The molecule has 0 radical (unpaired) electrons. The summed E-state index contributed by atoms with van der Waals surface area (Å²) in [7, 11) is 0. The average molecular weight is 248 g/mol. The third kappa shape index (κ3) is 3.13. The second-order valence-corrected chi connectivity index (χ2v) is 3.90. The van der Waals surface area contributed by atoms with Gasteiger partial charge in [-0.1, -0.05) is 18.2 Å². The van der Waals surface area contributed by atoms with E-state index in [1.807, 2.05) is 30.3 Å². The predicted molar refractivity (Wildman–Crippen MR) is 66.2 cm³/mol. The van der Waals surface area contributed by atoms with Crippen molar-refractivity contribution in [1.29, 1.82) is 0 Å². The molecule has 96 valence electrons. The molecule has 6 heteroatoms. The number of hydrogen-bond donors (Lipinski definition) is 3. The molecule has 0 atom stereocenters. The van der Waals surface area contributed by atoms with Crippen LogP contribution in [0.1, 0.15) is 5.69 Å². The monoisotopic (exact) mass is 248 g/mol. The number of hydrogen-bond acceptors (Lipinski definition) is 5. The molecule has 0 spiro atoms. The summed E-state index contributed by atoms with van der Waals surface area (Å²) >= 11 is 0. The lowest BCUT2D eigenvalue weighted by molar-refractivity contribution is 0.170. The van der Waals surface area contributed by atoms with Gasteiger partial charge in [0.25, 0.3) is 0 Å². The highest BCUT2D eigenvalue weighted by molar-refractivity contribution is 5.28. The van der Waals surface area contributed by atoms with Crippen molar-refractivity contribution in [3.63, 3.8) is 0 Å². The number of benzene rings is 1. The minimum absolute atomic E-state index is 0.108. The second kappa shape index (κ2) is 6.25. The summed E-state index contributed by atoms with van der Waals surface area (Å²) < 4.78 is 0. The zero-order chi connectivity index (χ0) is 12.8. The molecule has 18 heavy (non-hydrogen) atoms. The van der Waals surface area contributed by atoms with E-state index in [4.69, 9.17) is 10.2 Å². The number of aliphatic hydroxyl groups is 2. The van der Waals surface area contributed by atoms with Crippen LogP contribution in [0, 0.1) is 0 Å². The Balaban J connectivity index is 1.98. The van der Waals surface area contributed by atoms with Crippen molar-refractivity contribution >= 4 is 0 Å². The van der Waals surface area contributed by atoms with Gasteiger partial charge in [-0.2, -0.15) is 15.0 Å². The smallest absolute Gasteiger partial charge is 0.0969 e. The van der Waals surface area contributed by atoms with Crippen molar-refractivity contribution in [2.45, 2.75) is 12.6 Å². The first-order valence-corrected chi connectivity index (χ1v) is 5.75. The molecular weight excluding hydrogens is 232 g/mol. The Labute approximate surface area is 105 Å². The van der Waals surface area contributed by atoms with Gasteiger partial charge in [0, 0.05) is 6.54 Å². The van der Waals surface area contributed by atoms with Gasteiger partial charge in [-0.25, -0.2) is 0 Å². The lowest BCUT2D eigenvalue weighted by atomic mass is 10.3. The van der Waals surface area contributed by atoms with Crippen LogP contribution in [0.4, 0.5) is 0 Å². The lowest BCUT2D eigenvalue weighted by Crippen LogP contribution is -2.35. The minimum Gasteiger partial charge on any atom is -0.395 e. The molecular formula is C12H16N4O2. The first kappa shape index (κ1) is 12.7. The van der Waals surface area contributed by atoms with Crippen LogP contribution >= 0.6 is 0 Å². The Bertz CT molecular complexity index is 468. The average Bonchev–Trinajstić information content (AvgIpc) is 2.90. The first-order chi connectivity index (χ1) is 8.83. The molecule has 0 saturated carbocycles. The second-order valence-electron chi connectivity index (χ2n) is 3.90. The number of aromatic nitrogens is 3. The van der Waals surface area contributed by atoms with Gasteiger partial charge < -0.3 is 15.5 Å². The largest absolute Gasteiger partial charge is 0.395 e. The summed E-state index contributed by atoms with van der Waals surface area (Å²) in [6.45, 7) is 0.241. The molecule has 1 heterocycles. The zero-order valence-corrected chi connectivity index (χ0v) is 9.90. The number of para-hydroxylation sites is 1. The van der Waals surface area contributed by atoms with Crippen LogP contribution in [-0.2, 0) is 6.54 Å². The van der Waals surface area contributed by atoms with Crippen LogP contribution in [0.3, 0.4) is 0 Å². The van der Waals surface area contributed by atoms with Crippen LogP contribution in [0.5, 0.6) is 0 Å². The fraction of sp³-hybridized carbons (Fsp3) is 0.333. The molecule has 2 aromatic rings. The molecule has 0 aliphatic heterocycles. The molecule has 1 aromatic carbocycles. The SMILES string of the molecule is OCC(CO)NCc1cnn(-c2ccccc2)n1. The molecule has 0 bridgehead atoms. The molecule has 0 aliphatic carbocycles. The van der Waals surface area contributed by atoms with Crippen LogP contribution in [-0.4, -0.2) is 44.5 Å². The van der Waals surface area contributed by atoms with Crippen molar-refractivity contribution < 1.29 is 10.2 Å². The van der Waals surface area contributed by atoms with E-state index < -0.39 is 0 Å². The van der Waals surface area contributed by atoms with Crippen molar-refractivity contribution in [1.82, 2.24) is 20.3 Å². The Kier molecular flexibility index (Phi) is 4.40. The van der Waals surface area contributed by atoms with Gasteiger partial charge in [0.1, 0.15) is 0 Å². The van der Waals surface area contributed by atoms with E-state index in [0.717, 1.165) is 11.4 Å². The predicted octanol–water partition coefficient (Wildman–Crippen LogP) is -0.290. The van der Waals surface area contributed by atoms with Crippen LogP contribution < -0.4 is 5.32 Å². The van der Waals surface area contributed by atoms with E-state index in [1.165, 1.54) is 0 Å². The van der Waals surface area contributed by atoms with Crippen LogP contribution in [0.2, 0.25) is 0 Å². The Hall–Kier alpha value is -1.76. The normalized spacial score (nSPS) is 11.1. The van der Waals surface area contributed by atoms with E-state index in [-0.39, 0.29) is 19.3 Å². The third-order valence-corrected chi connectivity index (χ3v) is 2.54. The molecule has 0 aliphatic rings. The minimum atomic E-state index is -0.327. The summed E-state index contributed by atoms with van der Waals surface area (Å²) in [6.07, 6.45) is 1.66.